The van der Waals surface area contributed by atoms with Gasteiger partial charge in [0.25, 0.3) is 0 Å². The van der Waals surface area contributed by atoms with Crippen molar-refractivity contribution in [2.45, 2.75) is 32.5 Å². The predicted octanol–water partition coefficient (Wildman–Crippen LogP) is 3.79. The van der Waals surface area contributed by atoms with E-state index in [1.54, 1.807) is 18.2 Å². The molecule has 24 heavy (non-hydrogen) atoms. The molecule has 0 unspecified atom stereocenters. The van der Waals surface area contributed by atoms with Gasteiger partial charge < -0.3 is 15.4 Å². The standard InChI is InChI=1S/C16H22F3N3O.HI/c1-12-6-8-22(9-7-12)15(20)21-10-13-4-2-3-5-14(13)23-11-16(17,18)19;/h2-5,12H,6-11H2,1H3,(H2,20,21);1H. The number of nitrogens with two attached hydrogens (primary N) is 1. The van der Waals surface area contributed by atoms with Gasteiger partial charge in [0.05, 0.1) is 6.54 Å². The van der Waals surface area contributed by atoms with Crippen molar-refractivity contribution in [1.29, 1.82) is 0 Å². The largest absolute Gasteiger partial charge is 0.484 e. The molecule has 1 aliphatic rings. The van der Waals surface area contributed by atoms with Gasteiger partial charge >= 0.3 is 6.18 Å². The Hall–Kier alpha value is -1.19. The normalized spacial score (nSPS) is 16.7. The van der Waals surface area contributed by atoms with Gasteiger partial charge in [-0.15, -0.1) is 24.0 Å². The summed E-state index contributed by atoms with van der Waals surface area (Å²) in [5, 5.41) is 0. The molecule has 0 spiro atoms. The Morgan fingerprint density at radius 2 is 1.92 bits per heavy atom. The Morgan fingerprint density at radius 3 is 2.54 bits per heavy atom. The van der Waals surface area contributed by atoms with Gasteiger partial charge in [-0.05, 0) is 24.8 Å². The Balaban J connectivity index is 0.00000288. The molecule has 0 aromatic heterocycles. The molecule has 0 bridgehead atoms. The minimum absolute atomic E-state index is 0. The zero-order valence-electron chi connectivity index (χ0n) is 13.6. The number of likely N-dealkylation sites (tertiary alicyclic amines) is 1. The Kier molecular flexibility index (Phi) is 8.11. The third-order valence-electron chi connectivity index (χ3n) is 3.88. The average Bonchev–Trinajstić information content (AvgIpc) is 2.51. The number of aliphatic imine (C=N–C) groups is 1. The van der Waals surface area contributed by atoms with Crippen molar-refractivity contribution in [2.24, 2.45) is 16.6 Å². The van der Waals surface area contributed by atoms with Gasteiger partial charge in [-0.25, -0.2) is 4.99 Å². The number of benzene rings is 1. The molecule has 8 heteroatoms. The molecule has 1 fully saturated rings. The van der Waals surface area contributed by atoms with Crippen molar-refractivity contribution in [3.05, 3.63) is 29.8 Å². The van der Waals surface area contributed by atoms with Gasteiger partial charge in [0.2, 0.25) is 0 Å². The zero-order valence-corrected chi connectivity index (χ0v) is 15.9. The molecular weight excluding hydrogens is 434 g/mol. The van der Waals surface area contributed by atoms with Crippen LogP contribution in [-0.2, 0) is 6.54 Å². The van der Waals surface area contributed by atoms with Crippen LogP contribution in [0.5, 0.6) is 5.75 Å². The Morgan fingerprint density at radius 1 is 1.29 bits per heavy atom. The first-order valence-electron chi connectivity index (χ1n) is 7.67. The highest BCUT2D eigenvalue weighted by Gasteiger charge is 2.28. The lowest BCUT2D eigenvalue weighted by Gasteiger charge is -2.31. The number of alkyl halides is 3. The fourth-order valence-corrected chi connectivity index (χ4v) is 2.44. The molecule has 1 aromatic carbocycles. The van der Waals surface area contributed by atoms with Gasteiger partial charge in [-0.3, -0.25) is 0 Å². The molecular formula is C16H23F3IN3O. The summed E-state index contributed by atoms with van der Waals surface area (Å²) in [6, 6.07) is 6.58. The lowest BCUT2D eigenvalue weighted by atomic mass is 10.00. The van der Waals surface area contributed by atoms with Crippen molar-refractivity contribution in [2.75, 3.05) is 19.7 Å². The maximum absolute atomic E-state index is 12.3. The van der Waals surface area contributed by atoms with Crippen LogP contribution in [0.4, 0.5) is 13.2 Å². The lowest BCUT2D eigenvalue weighted by molar-refractivity contribution is -0.153. The number of rotatable bonds is 4. The van der Waals surface area contributed by atoms with Crippen molar-refractivity contribution in [1.82, 2.24) is 4.90 Å². The fourth-order valence-electron chi connectivity index (χ4n) is 2.44. The number of ether oxygens (including phenoxy) is 1. The first-order chi connectivity index (χ1) is 10.8. The molecule has 0 saturated carbocycles. The molecule has 0 atom stereocenters. The van der Waals surface area contributed by atoms with Crippen LogP contribution in [0.1, 0.15) is 25.3 Å². The molecule has 1 heterocycles. The first-order valence-corrected chi connectivity index (χ1v) is 7.67. The Labute approximate surface area is 157 Å². The average molecular weight is 457 g/mol. The maximum atomic E-state index is 12.3. The summed E-state index contributed by atoms with van der Waals surface area (Å²) in [4.78, 5) is 6.32. The van der Waals surface area contributed by atoms with Crippen LogP contribution in [0.3, 0.4) is 0 Å². The number of halogens is 4. The highest BCUT2D eigenvalue weighted by molar-refractivity contribution is 14.0. The molecule has 2 N–H and O–H groups in total. The lowest BCUT2D eigenvalue weighted by Crippen LogP contribution is -2.42. The number of piperidine rings is 1. The van der Waals surface area contributed by atoms with E-state index < -0.39 is 12.8 Å². The molecule has 0 aliphatic carbocycles. The van der Waals surface area contributed by atoms with E-state index in [1.807, 2.05) is 4.90 Å². The van der Waals surface area contributed by atoms with Crippen molar-refractivity contribution < 1.29 is 17.9 Å². The zero-order chi connectivity index (χ0) is 16.9. The summed E-state index contributed by atoms with van der Waals surface area (Å²) in [5.74, 6) is 1.31. The smallest absolute Gasteiger partial charge is 0.422 e. The summed E-state index contributed by atoms with van der Waals surface area (Å²) < 4.78 is 41.7. The second kappa shape index (κ2) is 9.33. The number of para-hydroxylation sites is 1. The number of nitrogens with zero attached hydrogens (tertiary/aromatic N) is 2. The summed E-state index contributed by atoms with van der Waals surface area (Å²) in [5.41, 5.74) is 6.58. The quantitative estimate of drug-likeness (QED) is 0.426. The summed E-state index contributed by atoms with van der Waals surface area (Å²) in [6.45, 7) is 2.82. The molecule has 0 amide bonds. The molecule has 0 radical (unpaired) electrons. The van der Waals surface area contributed by atoms with Gasteiger partial charge in [-0.1, -0.05) is 25.1 Å². The van der Waals surface area contributed by atoms with Crippen LogP contribution in [0.15, 0.2) is 29.3 Å². The number of hydrogen-bond acceptors (Lipinski definition) is 2. The van der Waals surface area contributed by atoms with Gasteiger partial charge in [0.1, 0.15) is 5.75 Å². The monoisotopic (exact) mass is 457 g/mol. The van der Waals surface area contributed by atoms with E-state index in [-0.39, 0.29) is 36.3 Å². The Bertz CT molecular complexity index is 544. The first kappa shape index (κ1) is 20.9. The highest BCUT2D eigenvalue weighted by Crippen LogP contribution is 2.23. The van der Waals surface area contributed by atoms with Crippen LogP contribution in [0.25, 0.3) is 0 Å². The third-order valence-corrected chi connectivity index (χ3v) is 3.88. The van der Waals surface area contributed by atoms with Crippen LogP contribution in [-0.4, -0.2) is 36.7 Å². The minimum atomic E-state index is -4.36. The summed E-state index contributed by atoms with van der Waals surface area (Å²) >= 11 is 0. The molecule has 136 valence electrons. The summed E-state index contributed by atoms with van der Waals surface area (Å²) in [7, 11) is 0. The van der Waals surface area contributed by atoms with E-state index >= 15 is 0 Å². The van der Waals surface area contributed by atoms with Crippen LogP contribution in [0.2, 0.25) is 0 Å². The number of guanidine groups is 1. The van der Waals surface area contributed by atoms with E-state index in [4.69, 9.17) is 10.5 Å². The van der Waals surface area contributed by atoms with E-state index in [2.05, 4.69) is 11.9 Å². The molecule has 2 rings (SSSR count). The van der Waals surface area contributed by atoms with Gasteiger partial charge in [-0.2, -0.15) is 13.2 Å². The van der Waals surface area contributed by atoms with Crippen molar-refractivity contribution >= 4 is 29.9 Å². The molecule has 1 aromatic rings. The number of hydrogen-bond donors (Lipinski definition) is 1. The fraction of sp³-hybridized carbons (Fsp3) is 0.562. The predicted molar refractivity (Wildman–Crippen MR) is 98.7 cm³/mol. The van der Waals surface area contributed by atoms with Gasteiger partial charge in [0, 0.05) is 18.7 Å². The van der Waals surface area contributed by atoms with Gasteiger partial charge in [0.15, 0.2) is 12.6 Å². The topological polar surface area (TPSA) is 50.8 Å². The maximum Gasteiger partial charge on any atom is 0.422 e. The van der Waals surface area contributed by atoms with E-state index in [1.165, 1.54) is 6.07 Å². The van der Waals surface area contributed by atoms with Crippen molar-refractivity contribution in [3.63, 3.8) is 0 Å². The molecule has 1 aliphatic heterocycles. The highest BCUT2D eigenvalue weighted by atomic mass is 127. The van der Waals surface area contributed by atoms with Crippen LogP contribution >= 0.6 is 24.0 Å². The van der Waals surface area contributed by atoms with E-state index in [0.29, 0.717) is 17.4 Å². The van der Waals surface area contributed by atoms with Crippen LogP contribution < -0.4 is 10.5 Å². The molecule has 4 nitrogen and oxygen atoms in total. The van der Waals surface area contributed by atoms with Crippen LogP contribution in [0, 0.1) is 5.92 Å². The summed E-state index contributed by atoms with van der Waals surface area (Å²) in [6.07, 6.45) is -2.22. The van der Waals surface area contributed by atoms with Crippen molar-refractivity contribution in [3.8, 4) is 5.75 Å². The van der Waals surface area contributed by atoms with E-state index in [0.717, 1.165) is 25.9 Å². The third kappa shape index (κ3) is 6.74. The van der Waals surface area contributed by atoms with E-state index in [9.17, 15) is 13.2 Å². The minimum Gasteiger partial charge on any atom is -0.484 e. The SMILES string of the molecule is CC1CCN(C(N)=NCc2ccccc2OCC(F)(F)F)CC1.I. The second-order valence-corrected chi connectivity index (χ2v) is 5.86. The molecule has 1 saturated heterocycles. The second-order valence-electron chi connectivity index (χ2n) is 5.86.